The van der Waals surface area contributed by atoms with Crippen LogP contribution in [0.2, 0.25) is 0 Å². The standard InChI is InChI=1S/C26H24Cl2N4.C13H11ClN2O.C13H13ClN2.C13H11ClN2/c1-29-19-8-10-24-22(15-19)23(16-31-24)25(7-5-13-28)32-17-18(6-3-4-12-27)21-14-20(30-2)9-11-26(21)32;1-15-9-4-5-12-10(7-9)11(8-16-12)13(17)3-2-6-14;2*1-15-11-5-6-13-12(8-11)10(9-16-13)4-2-3-7-14/h8-11,14-17,25,31H,3-7,12-13H2;4-5,7-8,16H,2-3,6H2;5-6,8-9,16H,2-4,7H2;4-6,8-9H,2-3,7H2/b;;;10-4+. The van der Waals surface area contributed by atoms with Crippen LogP contribution in [-0.2, 0) is 12.8 Å². The van der Waals surface area contributed by atoms with E-state index in [1.54, 1.807) is 24.4 Å². The van der Waals surface area contributed by atoms with Crippen LogP contribution >= 0.6 is 58.0 Å². The monoisotopic (exact) mass is 1170 g/mol. The van der Waals surface area contributed by atoms with Crippen LogP contribution in [0.5, 0.6) is 0 Å². The first-order valence-corrected chi connectivity index (χ1v) is 29.4. The van der Waals surface area contributed by atoms with Crippen molar-refractivity contribution in [2.24, 2.45) is 4.99 Å². The van der Waals surface area contributed by atoms with E-state index in [4.69, 9.17) is 90.9 Å². The number of carbonyl (C=O) groups is 1. The van der Waals surface area contributed by atoms with Crippen molar-refractivity contribution >= 4 is 153 Å². The number of benzene rings is 5. The number of hydrogen-bond acceptors (Lipinski definition) is 2. The van der Waals surface area contributed by atoms with Crippen molar-refractivity contribution in [1.29, 1.82) is 0 Å². The van der Waals surface area contributed by atoms with Crippen molar-refractivity contribution in [3.63, 3.8) is 0 Å². The Bertz CT molecular complexity index is 3900. The second kappa shape index (κ2) is 31.3. The molecule has 0 saturated carbocycles. The Morgan fingerprint density at radius 2 is 1.06 bits per heavy atom. The number of nitrogens with one attached hydrogen (secondary N) is 3. The molecule has 81 heavy (non-hydrogen) atoms. The minimum atomic E-state index is 0.0685. The van der Waals surface area contributed by atoms with Gasteiger partial charge in [0.2, 0.25) is 0 Å². The predicted octanol–water partition coefficient (Wildman–Crippen LogP) is 21.0. The third kappa shape index (κ3) is 15.8. The van der Waals surface area contributed by atoms with E-state index in [9.17, 15) is 4.79 Å². The van der Waals surface area contributed by atoms with Crippen molar-refractivity contribution in [1.82, 2.24) is 19.5 Å². The number of alkyl halides is 5. The Labute approximate surface area is 498 Å². The number of ketones is 1. The van der Waals surface area contributed by atoms with Gasteiger partial charge in [-0.05, 0) is 181 Å². The molecule has 0 spiro atoms. The highest BCUT2D eigenvalue weighted by molar-refractivity contribution is 6.19. The molecule has 1 aliphatic rings. The van der Waals surface area contributed by atoms with E-state index < -0.39 is 0 Å². The molecule has 5 heterocycles. The average Bonchev–Trinajstić information content (AvgIpc) is 4.47. The highest BCUT2D eigenvalue weighted by Gasteiger charge is 2.22. The van der Waals surface area contributed by atoms with Crippen molar-refractivity contribution < 1.29 is 4.79 Å². The summed E-state index contributed by atoms with van der Waals surface area (Å²) in [5.41, 5.74) is 14.8. The molecule has 4 aromatic heterocycles. The van der Waals surface area contributed by atoms with Gasteiger partial charge in [0.05, 0.1) is 44.6 Å². The van der Waals surface area contributed by atoms with Crippen LogP contribution in [0.15, 0.2) is 127 Å². The van der Waals surface area contributed by atoms with E-state index in [2.05, 4.69) is 73.3 Å². The molecule has 1 unspecified atom stereocenters. The SMILES string of the molecule is [C-]#[N+]c1ccc2[nH]cc(C(=O)CCCCl)c2c1.[C-]#[N+]c1ccc2[nH]cc(C(CCCCl)n3cc(CCCCCl)c4cc([N+]#[C-])ccc43)c2c1.[C-]#[N+]c1ccc2[nH]cc(CCCCCl)c2c1.[C-]#[N+]c1ccc2c(c1)/C(=C/CCCCl)C=N2. The number of carbonyl (C=O) groups excluding carboxylic acids is 1. The van der Waals surface area contributed by atoms with Crippen molar-refractivity contribution in [3.8, 4) is 0 Å². The summed E-state index contributed by atoms with van der Waals surface area (Å²) in [6.45, 7) is 35.8. The zero-order chi connectivity index (χ0) is 57.5. The van der Waals surface area contributed by atoms with E-state index in [0.29, 0.717) is 70.4 Å². The summed E-state index contributed by atoms with van der Waals surface area (Å²) in [4.78, 5) is 43.4. The molecule has 0 aliphatic carbocycles. The Morgan fingerprint density at radius 3 is 1.69 bits per heavy atom. The van der Waals surface area contributed by atoms with E-state index in [1.807, 2.05) is 79.1 Å². The molecular weight excluding hydrogens is 1110 g/mol. The number of allylic oxidation sites excluding steroid dienone is 2. The second-order valence-electron chi connectivity index (χ2n) is 19.1. The third-order valence-electron chi connectivity index (χ3n) is 13.8. The minimum Gasteiger partial charge on any atom is -0.361 e. The van der Waals surface area contributed by atoms with E-state index in [-0.39, 0.29) is 11.8 Å². The number of aromatic amines is 3. The molecule has 1 atom stereocenters. The minimum absolute atomic E-state index is 0.0685. The van der Waals surface area contributed by atoms with Crippen LogP contribution in [0.1, 0.15) is 103 Å². The van der Waals surface area contributed by atoms with Crippen LogP contribution in [0.25, 0.3) is 73.4 Å². The summed E-state index contributed by atoms with van der Waals surface area (Å²) in [5.74, 6) is 3.20. The van der Waals surface area contributed by atoms with Gasteiger partial charge >= 0.3 is 0 Å². The van der Waals surface area contributed by atoms with Gasteiger partial charge < -0.3 is 19.5 Å². The summed E-state index contributed by atoms with van der Waals surface area (Å²) in [5, 5.41) is 4.19. The molecule has 16 heteroatoms. The molecule has 5 aromatic carbocycles. The summed E-state index contributed by atoms with van der Waals surface area (Å²) >= 11 is 28.9. The molecule has 9 aromatic rings. The maximum atomic E-state index is 11.9. The highest BCUT2D eigenvalue weighted by Crippen LogP contribution is 2.39. The number of aryl methyl sites for hydroxylation is 2. The van der Waals surface area contributed by atoms with Crippen LogP contribution in [0, 0.1) is 32.9 Å². The largest absolute Gasteiger partial charge is 0.361 e. The summed E-state index contributed by atoms with van der Waals surface area (Å²) in [6, 6.07) is 28.4. The van der Waals surface area contributed by atoms with Gasteiger partial charge in [-0.25, -0.2) is 24.2 Å². The molecule has 0 bridgehead atoms. The number of fused-ring (bicyclic) bond motifs is 5. The van der Waals surface area contributed by atoms with Crippen molar-refractivity contribution in [2.75, 3.05) is 29.4 Å². The first-order valence-electron chi connectivity index (χ1n) is 26.7. The number of rotatable bonds is 20. The fraction of sp³-hybridized carbons (Fsp3) is 0.277. The van der Waals surface area contributed by atoms with Gasteiger partial charge in [0, 0.05) is 94.5 Å². The Kier molecular flexibility index (Phi) is 23.5. The lowest BCUT2D eigenvalue weighted by atomic mass is 10.0. The number of nitrogens with zero attached hydrogens (tertiary/aromatic N) is 7. The first-order chi connectivity index (χ1) is 39.6. The topological polar surface area (TPSA) is 104 Å². The normalized spacial score (nSPS) is 12.0. The fourth-order valence-electron chi connectivity index (χ4n) is 9.71. The van der Waals surface area contributed by atoms with E-state index in [0.717, 1.165) is 131 Å². The van der Waals surface area contributed by atoms with Gasteiger partial charge in [-0.15, -0.1) is 58.0 Å². The Hall–Kier alpha value is -7.76. The van der Waals surface area contributed by atoms with Gasteiger partial charge in [-0.1, -0.05) is 36.4 Å². The molecule has 1 aliphatic heterocycles. The van der Waals surface area contributed by atoms with Crippen LogP contribution in [0.4, 0.5) is 34.1 Å². The maximum absolute atomic E-state index is 11.9. The molecular formula is C65H59Cl5N10O. The third-order valence-corrected chi connectivity index (χ3v) is 15.1. The lowest BCUT2D eigenvalue weighted by Crippen LogP contribution is -2.10. The Morgan fingerprint density at radius 1 is 0.543 bits per heavy atom. The quantitative estimate of drug-likeness (QED) is 0.0301. The summed E-state index contributed by atoms with van der Waals surface area (Å²) < 4.78 is 2.33. The zero-order valence-corrected chi connectivity index (χ0v) is 48.4. The molecule has 0 fully saturated rings. The van der Waals surface area contributed by atoms with Gasteiger partial charge in [0.25, 0.3) is 0 Å². The predicted molar refractivity (Wildman–Crippen MR) is 340 cm³/mol. The van der Waals surface area contributed by atoms with Crippen LogP contribution in [-0.4, -0.2) is 60.9 Å². The fourth-order valence-corrected chi connectivity index (χ4v) is 10.5. The molecule has 0 radical (unpaired) electrons. The van der Waals surface area contributed by atoms with Gasteiger partial charge in [-0.2, -0.15) is 0 Å². The molecule has 0 saturated heterocycles. The highest BCUT2D eigenvalue weighted by atomic mass is 35.5. The van der Waals surface area contributed by atoms with Crippen LogP contribution < -0.4 is 0 Å². The van der Waals surface area contributed by atoms with E-state index in [1.165, 1.54) is 16.5 Å². The zero-order valence-electron chi connectivity index (χ0n) is 44.7. The number of Topliss-reactive ketones (excluding diaryl/α,β-unsaturated/α-hetero) is 1. The van der Waals surface area contributed by atoms with Crippen molar-refractivity contribution in [2.45, 2.75) is 83.1 Å². The van der Waals surface area contributed by atoms with E-state index >= 15 is 0 Å². The smallest absolute Gasteiger partial charge is 0.188 e. The number of aromatic nitrogens is 4. The molecule has 410 valence electrons. The lowest BCUT2D eigenvalue weighted by molar-refractivity contribution is 0.0983. The second-order valence-corrected chi connectivity index (χ2v) is 21.0. The number of aliphatic imine (C=N–C) groups is 1. The first kappa shape index (κ1) is 60.9. The van der Waals surface area contributed by atoms with Crippen LogP contribution in [0.3, 0.4) is 0 Å². The van der Waals surface area contributed by atoms with Gasteiger partial charge in [-0.3, -0.25) is 9.79 Å². The molecule has 10 rings (SSSR count). The summed E-state index contributed by atoms with van der Waals surface area (Å²) in [7, 11) is 0. The average molecular weight is 1170 g/mol. The molecule has 3 N–H and O–H groups in total. The molecule has 11 nitrogen and oxygen atoms in total. The van der Waals surface area contributed by atoms with Gasteiger partial charge in [0.1, 0.15) is 0 Å². The number of unbranched alkanes of at least 4 members (excludes halogenated alkanes) is 3. The number of halogens is 5. The van der Waals surface area contributed by atoms with Gasteiger partial charge in [0.15, 0.2) is 34.2 Å². The lowest BCUT2D eigenvalue weighted by Gasteiger charge is -2.20. The maximum Gasteiger partial charge on any atom is 0.188 e. The number of hydrogen-bond donors (Lipinski definition) is 3. The van der Waals surface area contributed by atoms with Crippen molar-refractivity contribution in [3.05, 3.63) is 207 Å². The Balaban J connectivity index is 0.000000165. The number of H-pyrrole nitrogens is 3. The summed E-state index contributed by atoms with van der Waals surface area (Å²) in [6.07, 6.45) is 22.9. The molecule has 0 amide bonds.